The number of benzene rings is 1. The third kappa shape index (κ3) is 5.01. The molecule has 1 unspecified atom stereocenters. The monoisotopic (exact) mass is 323 g/mol. The average Bonchev–Trinajstić information content (AvgIpc) is 2.29. The van der Waals surface area contributed by atoms with Crippen molar-refractivity contribution in [3.05, 3.63) is 33.8 Å². The highest BCUT2D eigenvalue weighted by Crippen LogP contribution is 2.21. The van der Waals surface area contributed by atoms with Crippen LogP contribution in [0.25, 0.3) is 0 Å². The van der Waals surface area contributed by atoms with Crippen LogP contribution in [0.1, 0.15) is 12.5 Å². The molecule has 0 aliphatic carbocycles. The van der Waals surface area contributed by atoms with Crippen LogP contribution in [-0.2, 0) is 21.1 Å². The number of sulfone groups is 1. The third-order valence-electron chi connectivity index (χ3n) is 2.72. The van der Waals surface area contributed by atoms with Crippen LogP contribution in [0, 0.1) is 0 Å². The van der Waals surface area contributed by atoms with Gasteiger partial charge in [-0.05, 0) is 31.0 Å². The summed E-state index contributed by atoms with van der Waals surface area (Å²) in [4.78, 5) is 11.6. The molecule has 19 heavy (non-hydrogen) atoms. The van der Waals surface area contributed by atoms with Crippen LogP contribution < -0.4 is 5.32 Å². The molecule has 4 nitrogen and oxygen atoms in total. The van der Waals surface area contributed by atoms with E-state index in [1.807, 2.05) is 0 Å². The Morgan fingerprint density at radius 2 is 2.00 bits per heavy atom. The molecule has 0 aliphatic rings. The molecule has 0 saturated carbocycles. The molecule has 1 aromatic rings. The van der Waals surface area contributed by atoms with Gasteiger partial charge in [0.2, 0.25) is 5.91 Å². The van der Waals surface area contributed by atoms with E-state index in [9.17, 15) is 13.2 Å². The Labute approximate surface area is 123 Å². The van der Waals surface area contributed by atoms with E-state index in [0.717, 1.165) is 11.8 Å². The molecule has 1 aromatic carbocycles. The van der Waals surface area contributed by atoms with Gasteiger partial charge in [0.05, 0.1) is 0 Å². The first-order valence-electron chi connectivity index (χ1n) is 5.62. The molecule has 0 bridgehead atoms. The zero-order valence-electron chi connectivity index (χ0n) is 10.6. The number of hydrogen-bond donors (Lipinski definition) is 1. The van der Waals surface area contributed by atoms with Gasteiger partial charge in [-0.1, -0.05) is 29.3 Å². The maximum atomic E-state index is 11.6. The summed E-state index contributed by atoms with van der Waals surface area (Å²) in [5.74, 6) is -0.507. The lowest BCUT2D eigenvalue weighted by atomic mass is 10.1. The van der Waals surface area contributed by atoms with Gasteiger partial charge >= 0.3 is 0 Å². The van der Waals surface area contributed by atoms with Crippen molar-refractivity contribution in [1.82, 2.24) is 5.32 Å². The molecule has 0 fully saturated rings. The molecule has 0 spiro atoms. The fourth-order valence-electron chi connectivity index (χ4n) is 1.38. The summed E-state index contributed by atoms with van der Waals surface area (Å²) in [6.07, 6.45) is 1.55. The van der Waals surface area contributed by atoms with E-state index in [-0.39, 0.29) is 0 Å². The molecule has 1 N–H and O–H groups in total. The highest BCUT2D eigenvalue weighted by molar-refractivity contribution is 7.92. The second-order valence-corrected chi connectivity index (χ2v) is 7.46. The van der Waals surface area contributed by atoms with Crippen molar-refractivity contribution in [3.8, 4) is 0 Å². The zero-order valence-corrected chi connectivity index (χ0v) is 12.9. The number of carbonyl (C=O) groups is 1. The van der Waals surface area contributed by atoms with Crippen molar-refractivity contribution in [3.63, 3.8) is 0 Å². The standard InChI is InChI=1S/C12H15Cl2NO3S/c1-8(19(2,17)18)12(16)15-6-5-9-3-4-10(13)7-11(9)14/h3-4,7-8H,5-6H2,1-2H3,(H,15,16). The van der Waals surface area contributed by atoms with Gasteiger partial charge in [-0.3, -0.25) is 4.79 Å². The number of amides is 1. The van der Waals surface area contributed by atoms with Crippen LogP contribution in [0.5, 0.6) is 0 Å². The molecule has 7 heteroatoms. The molecular formula is C12H15Cl2NO3S. The molecule has 106 valence electrons. The van der Waals surface area contributed by atoms with E-state index in [1.165, 1.54) is 6.92 Å². The number of rotatable bonds is 5. The topological polar surface area (TPSA) is 63.2 Å². The van der Waals surface area contributed by atoms with Gasteiger partial charge in [0.1, 0.15) is 5.25 Å². The van der Waals surface area contributed by atoms with Crippen molar-refractivity contribution in [2.24, 2.45) is 0 Å². The summed E-state index contributed by atoms with van der Waals surface area (Å²) in [7, 11) is -3.37. The first-order chi connectivity index (χ1) is 8.71. The fourth-order valence-corrected chi connectivity index (χ4v) is 2.36. The van der Waals surface area contributed by atoms with Crippen LogP contribution >= 0.6 is 23.2 Å². The van der Waals surface area contributed by atoms with Crippen LogP contribution in [-0.4, -0.2) is 32.4 Å². The largest absolute Gasteiger partial charge is 0.355 e. The van der Waals surface area contributed by atoms with E-state index in [4.69, 9.17) is 23.2 Å². The predicted molar refractivity (Wildman–Crippen MR) is 77.5 cm³/mol. The van der Waals surface area contributed by atoms with Gasteiger partial charge in [-0.2, -0.15) is 0 Å². The first kappa shape index (κ1) is 16.3. The molecule has 1 rings (SSSR count). The average molecular weight is 324 g/mol. The number of hydrogen-bond acceptors (Lipinski definition) is 3. The Bertz CT molecular complexity index is 572. The lowest BCUT2D eigenvalue weighted by Crippen LogP contribution is -2.38. The predicted octanol–water partition coefficient (Wildman–Crippen LogP) is 2.09. The maximum Gasteiger partial charge on any atom is 0.238 e. The van der Waals surface area contributed by atoms with Gasteiger partial charge in [-0.15, -0.1) is 0 Å². The minimum Gasteiger partial charge on any atom is -0.355 e. The van der Waals surface area contributed by atoms with Crippen molar-refractivity contribution in [2.45, 2.75) is 18.6 Å². The van der Waals surface area contributed by atoms with Crippen LogP contribution in [0.3, 0.4) is 0 Å². The second kappa shape index (κ2) is 6.59. The normalized spacial score (nSPS) is 13.1. The maximum absolute atomic E-state index is 11.6. The summed E-state index contributed by atoms with van der Waals surface area (Å²) in [6, 6.07) is 5.11. The number of carbonyl (C=O) groups excluding carboxylic acids is 1. The third-order valence-corrected chi connectivity index (χ3v) is 4.81. The van der Waals surface area contributed by atoms with E-state index in [2.05, 4.69) is 5.32 Å². The van der Waals surface area contributed by atoms with Crippen molar-refractivity contribution >= 4 is 38.9 Å². The lowest BCUT2D eigenvalue weighted by molar-refractivity contribution is -0.120. The molecular weight excluding hydrogens is 309 g/mol. The van der Waals surface area contributed by atoms with Crippen molar-refractivity contribution in [1.29, 1.82) is 0 Å². The van der Waals surface area contributed by atoms with E-state index < -0.39 is 21.0 Å². The Morgan fingerprint density at radius 1 is 1.37 bits per heavy atom. The SMILES string of the molecule is CC(C(=O)NCCc1ccc(Cl)cc1Cl)S(C)(=O)=O. The van der Waals surface area contributed by atoms with Gasteiger partial charge in [0.25, 0.3) is 0 Å². The summed E-state index contributed by atoms with van der Waals surface area (Å²) in [6.45, 7) is 1.68. The highest BCUT2D eigenvalue weighted by Gasteiger charge is 2.22. The van der Waals surface area contributed by atoms with Gasteiger partial charge in [0, 0.05) is 22.8 Å². The van der Waals surface area contributed by atoms with E-state index >= 15 is 0 Å². The van der Waals surface area contributed by atoms with Gasteiger partial charge in [0.15, 0.2) is 9.84 Å². The van der Waals surface area contributed by atoms with Crippen molar-refractivity contribution in [2.75, 3.05) is 12.8 Å². The number of nitrogens with one attached hydrogen (secondary N) is 1. The fraction of sp³-hybridized carbons (Fsp3) is 0.417. The van der Waals surface area contributed by atoms with Crippen LogP contribution in [0.2, 0.25) is 10.0 Å². The Hall–Kier alpha value is -0.780. The van der Waals surface area contributed by atoms with Gasteiger partial charge in [-0.25, -0.2) is 8.42 Å². The summed E-state index contributed by atoms with van der Waals surface area (Å²) in [5.41, 5.74) is 0.846. The van der Waals surface area contributed by atoms with Crippen LogP contribution in [0.15, 0.2) is 18.2 Å². The summed E-state index contributed by atoms with van der Waals surface area (Å²) < 4.78 is 22.4. The Morgan fingerprint density at radius 3 is 2.53 bits per heavy atom. The lowest BCUT2D eigenvalue weighted by Gasteiger charge is -2.11. The number of halogens is 2. The second-order valence-electron chi connectivity index (χ2n) is 4.25. The Kier molecular flexibility index (Phi) is 5.64. The molecule has 0 saturated heterocycles. The molecule has 0 heterocycles. The van der Waals surface area contributed by atoms with E-state index in [0.29, 0.717) is 23.0 Å². The van der Waals surface area contributed by atoms with Gasteiger partial charge < -0.3 is 5.32 Å². The van der Waals surface area contributed by atoms with Crippen LogP contribution in [0.4, 0.5) is 0 Å². The summed E-state index contributed by atoms with van der Waals surface area (Å²) >= 11 is 11.8. The van der Waals surface area contributed by atoms with E-state index in [1.54, 1.807) is 18.2 Å². The first-order valence-corrected chi connectivity index (χ1v) is 8.33. The highest BCUT2D eigenvalue weighted by atomic mass is 35.5. The Balaban J connectivity index is 2.53. The molecule has 0 radical (unpaired) electrons. The molecule has 1 amide bonds. The quantitative estimate of drug-likeness (QED) is 0.902. The zero-order chi connectivity index (χ0) is 14.6. The molecule has 0 aliphatic heterocycles. The van der Waals surface area contributed by atoms with Crippen molar-refractivity contribution < 1.29 is 13.2 Å². The minimum atomic E-state index is -3.37. The smallest absolute Gasteiger partial charge is 0.238 e. The minimum absolute atomic E-state index is 0.319. The molecule has 0 aromatic heterocycles. The summed E-state index contributed by atoms with van der Waals surface area (Å²) in [5, 5.41) is 2.59. The molecule has 1 atom stereocenters.